The van der Waals surface area contributed by atoms with E-state index < -0.39 is 0 Å². The molecule has 7 heteroatoms. The van der Waals surface area contributed by atoms with Crippen LogP contribution in [0.25, 0.3) is 10.8 Å². The Bertz CT molecular complexity index is 1090. The van der Waals surface area contributed by atoms with Crippen LogP contribution in [-0.4, -0.2) is 43.1 Å². The van der Waals surface area contributed by atoms with Gasteiger partial charge >= 0.3 is 0 Å². The fourth-order valence-corrected chi connectivity index (χ4v) is 4.10. The van der Waals surface area contributed by atoms with Crippen molar-refractivity contribution >= 4 is 50.0 Å². The maximum Gasteiger partial charge on any atom is 0.267 e. The van der Waals surface area contributed by atoms with E-state index in [1.165, 1.54) is 0 Å². The predicted octanol–water partition coefficient (Wildman–Crippen LogP) is 3.63. The SMILES string of the molecule is O=C1c2cccc3c(N4CCOCC4)ccc(c23)C(=O)N1c1ccc(Br)cn1. The summed E-state index contributed by atoms with van der Waals surface area (Å²) in [6.45, 7) is 2.92. The summed E-state index contributed by atoms with van der Waals surface area (Å²) in [4.78, 5) is 34.0. The Hall–Kier alpha value is -2.77. The summed E-state index contributed by atoms with van der Waals surface area (Å²) in [5, 5.41) is 1.64. The van der Waals surface area contributed by atoms with Crippen molar-refractivity contribution in [3.05, 3.63) is 64.3 Å². The van der Waals surface area contributed by atoms with Gasteiger partial charge in [-0.05, 0) is 46.3 Å². The van der Waals surface area contributed by atoms with Gasteiger partial charge in [0.1, 0.15) is 5.82 Å². The molecule has 0 bridgehead atoms. The van der Waals surface area contributed by atoms with Gasteiger partial charge in [-0.25, -0.2) is 9.88 Å². The number of hydrogen-bond donors (Lipinski definition) is 0. The first kappa shape index (κ1) is 17.3. The Morgan fingerprint density at radius 1 is 0.929 bits per heavy atom. The Balaban J connectivity index is 1.68. The van der Waals surface area contributed by atoms with Crippen molar-refractivity contribution in [1.82, 2.24) is 4.98 Å². The second-order valence-corrected chi connectivity index (χ2v) is 7.66. The van der Waals surface area contributed by atoms with Gasteiger partial charge in [0.05, 0.1) is 13.2 Å². The Morgan fingerprint density at radius 3 is 2.39 bits per heavy atom. The molecule has 2 aromatic carbocycles. The molecule has 6 nitrogen and oxygen atoms in total. The Morgan fingerprint density at radius 2 is 1.68 bits per heavy atom. The largest absolute Gasteiger partial charge is 0.378 e. The molecule has 140 valence electrons. The lowest BCUT2D eigenvalue weighted by atomic mass is 9.92. The van der Waals surface area contributed by atoms with Crippen molar-refractivity contribution in [3.8, 4) is 0 Å². The molecular formula is C21H16BrN3O3. The zero-order valence-corrected chi connectivity index (χ0v) is 16.5. The molecule has 0 spiro atoms. The van der Waals surface area contributed by atoms with Crippen LogP contribution < -0.4 is 9.80 Å². The van der Waals surface area contributed by atoms with Crippen LogP contribution in [0.3, 0.4) is 0 Å². The van der Waals surface area contributed by atoms with Gasteiger partial charge in [0.2, 0.25) is 0 Å². The van der Waals surface area contributed by atoms with Crippen molar-refractivity contribution < 1.29 is 14.3 Å². The van der Waals surface area contributed by atoms with Crippen LogP contribution in [0.5, 0.6) is 0 Å². The van der Waals surface area contributed by atoms with Crippen LogP contribution in [0.2, 0.25) is 0 Å². The number of anilines is 2. The number of hydrogen-bond acceptors (Lipinski definition) is 5. The minimum Gasteiger partial charge on any atom is -0.378 e. The fraction of sp³-hybridized carbons (Fsp3) is 0.190. The molecule has 1 fully saturated rings. The van der Waals surface area contributed by atoms with Gasteiger partial charge in [-0.1, -0.05) is 12.1 Å². The number of nitrogens with zero attached hydrogens (tertiary/aromatic N) is 3. The van der Waals surface area contributed by atoms with Crippen LogP contribution in [0.1, 0.15) is 20.7 Å². The number of aromatic nitrogens is 1. The first-order valence-electron chi connectivity index (χ1n) is 9.04. The molecule has 0 atom stereocenters. The number of carbonyl (C=O) groups is 2. The quantitative estimate of drug-likeness (QED) is 0.572. The van der Waals surface area contributed by atoms with E-state index in [1.807, 2.05) is 24.3 Å². The molecule has 3 aromatic rings. The second-order valence-electron chi connectivity index (χ2n) is 6.74. The fourth-order valence-electron chi connectivity index (χ4n) is 3.87. The molecule has 0 aliphatic carbocycles. The molecule has 2 aliphatic heterocycles. The normalized spacial score (nSPS) is 16.8. The van der Waals surface area contributed by atoms with Crippen LogP contribution in [0, 0.1) is 0 Å². The number of amides is 2. The number of morpholine rings is 1. The van der Waals surface area contributed by atoms with Gasteiger partial charge in [-0.2, -0.15) is 0 Å². The van der Waals surface area contributed by atoms with Gasteiger partial charge in [-0.15, -0.1) is 0 Å². The number of halogens is 1. The van der Waals surface area contributed by atoms with Crippen LogP contribution in [-0.2, 0) is 4.74 Å². The number of carbonyl (C=O) groups excluding carboxylic acids is 2. The third kappa shape index (κ3) is 2.62. The van der Waals surface area contributed by atoms with E-state index in [9.17, 15) is 9.59 Å². The van der Waals surface area contributed by atoms with E-state index in [1.54, 1.807) is 24.4 Å². The third-order valence-electron chi connectivity index (χ3n) is 5.18. The van der Waals surface area contributed by atoms with Gasteiger partial charge in [0, 0.05) is 51.3 Å². The van der Waals surface area contributed by atoms with Crippen LogP contribution >= 0.6 is 15.9 Å². The molecule has 28 heavy (non-hydrogen) atoms. The topological polar surface area (TPSA) is 62.7 Å². The predicted molar refractivity (Wildman–Crippen MR) is 110 cm³/mol. The minimum atomic E-state index is -0.350. The number of rotatable bonds is 2. The van der Waals surface area contributed by atoms with E-state index in [0.29, 0.717) is 30.2 Å². The summed E-state index contributed by atoms with van der Waals surface area (Å²) in [6.07, 6.45) is 1.58. The summed E-state index contributed by atoms with van der Waals surface area (Å²) >= 11 is 3.33. The average molecular weight is 438 g/mol. The molecule has 2 aliphatic rings. The van der Waals surface area contributed by atoms with E-state index in [0.717, 1.165) is 38.9 Å². The highest BCUT2D eigenvalue weighted by Gasteiger charge is 2.35. The summed E-state index contributed by atoms with van der Waals surface area (Å²) in [6, 6.07) is 12.8. The smallest absolute Gasteiger partial charge is 0.267 e. The maximum atomic E-state index is 13.2. The van der Waals surface area contributed by atoms with Crippen molar-refractivity contribution in [2.75, 3.05) is 36.1 Å². The van der Waals surface area contributed by atoms with E-state index in [4.69, 9.17) is 4.74 Å². The number of pyridine rings is 1. The van der Waals surface area contributed by atoms with Crippen molar-refractivity contribution in [1.29, 1.82) is 0 Å². The van der Waals surface area contributed by atoms with Crippen LogP contribution in [0.4, 0.5) is 11.5 Å². The molecule has 0 unspecified atom stereocenters. The first-order chi connectivity index (χ1) is 13.6. The van der Waals surface area contributed by atoms with Crippen molar-refractivity contribution in [3.63, 3.8) is 0 Å². The standard InChI is InChI=1S/C21H16BrN3O3/c22-13-4-7-18(23-12-13)25-20(26)15-3-1-2-14-17(24-8-10-28-11-9-24)6-5-16(19(14)15)21(25)27/h1-7,12H,8-11H2. The lowest BCUT2D eigenvalue weighted by molar-refractivity contribution is 0.0892. The minimum absolute atomic E-state index is 0.318. The lowest BCUT2D eigenvalue weighted by Gasteiger charge is -2.32. The summed E-state index contributed by atoms with van der Waals surface area (Å²) in [5.41, 5.74) is 2.07. The van der Waals surface area contributed by atoms with E-state index >= 15 is 0 Å². The molecule has 0 N–H and O–H groups in total. The zero-order chi connectivity index (χ0) is 19.3. The Kier molecular flexibility index (Phi) is 4.14. The molecule has 5 rings (SSSR count). The highest BCUT2D eigenvalue weighted by molar-refractivity contribution is 9.10. The van der Waals surface area contributed by atoms with Gasteiger partial charge < -0.3 is 9.64 Å². The maximum absolute atomic E-state index is 13.2. The number of benzene rings is 2. The molecule has 0 saturated carbocycles. The molecule has 3 heterocycles. The third-order valence-corrected chi connectivity index (χ3v) is 5.65. The zero-order valence-electron chi connectivity index (χ0n) is 14.9. The highest BCUT2D eigenvalue weighted by atomic mass is 79.9. The summed E-state index contributed by atoms with van der Waals surface area (Å²) in [7, 11) is 0. The van der Waals surface area contributed by atoms with Crippen molar-refractivity contribution in [2.45, 2.75) is 0 Å². The molecule has 2 amide bonds. The molecule has 1 saturated heterocycles. The number of imide groups is 1. The summed E-state index contributed by atoms with van der Waals surface area (Å²) < 4.78 is 6.23. The van der Waals surface area contributed by atoms with E-state index in [-0.39, 0.29) is 11.8 Å². The molecule has 0 radical (unpaired) electrons. The van der Waals surface area contributed by atoms with E-state index in [2.05, 4.69) is 25.8 Å². The first-order valence-corrected chi connectivity index (χ1v) is 9.83. The highest BCUT2D eigenvalue weighted by Crippen LogP contribution is 2.37. The molecule has 1 aromatic heterocycles. The van der Waals surface area contributed by atoms with Crippen molar-refractivity contribution in [2.24, 2.45) is 0 Å². The van der Waals surface area contributed by atoms with Crippen LogP contribution in [0.15, 0.2) is 53.1 Å². The average Bonchev–Trinajstić information content (AvgIpc) is 2.73. The number of ether oxygens (including phenoxy) is 1. The second kappa shape index (κ2) is 6.68. The monoisotopic (exact) mass is 437 g/mol. The van der Waals surface area contributed by atoms with Gasteiger partial charge in [-0.3, -0.25) is 9.59 Å². The van der Waals surface area contributed by atoms with Gasteiger partial charge in [0.25, 0.3) is 11.8 Å². The lowest BCUT2D eigenvalue weighted by Crippen LogP contribution is -2.41. The molecular weight excluding hydrogens is 422 g/mol. The van der Waals surface area contributed by atoms with Gasteiger partial charge in [0.15, 0.2) is 0 Å². The Labute approximate surface area is 169 Å². The summed E-state index contributed by atoms with van der Waals surface area (Å²) in [5.74, 6) is -0.382.